The Morgan fingerprint density at radius 1 is 1.33 bits per heavy atom. The number of nitrogens with one attached hydrogen (secondary N) is 1. The molecule has 0 spiro atoms. The fourth-order valence-corrected chi connectivity index (χ4v) is 3.60. The number of fused-ring (bicyclic) bond motifs is 1. The highest BCUT2D eigenvalue weighted by atomic mass is 32.1. The number of rotatable bonds is 4. The quantitative estimate of drug-likeness (QED) is 0.770. The molecule has 9 heteroatoms. The van der Waals surface area contributed by atoms with Gasteiger partial charge in [-0.3, -0.25) is 4.79 Å². The number of nitrogens with zero attached hydrogens (tertiary/aromatic N) is 3. The third kappa shape index (κ3) is 2.83. The summed E-state index contributed by atoms with van der Waals surface area (Å²) in [5.74, 6) is 1.26. The molecule has 3 heterocycles. The summed E-state index contributed by atoms with van der Waals surface area (Å²) in [5, 5.41) is 7.55. The number of aromatic nitrogens is 3. The van der Waals surface area contributed by atoms with E-state index >= 15 is 0 Å². The molecule has 0 saturated heterocycles. The Balaban J connectivity index is 1.48. The number of ether oxygens (including phenoxy) is 2. The second-order valence-corrected chi connectivity index (χ2v) is 6.93. The molecule has 7 nitrogen and oxygen atoms in total. The van der Waals surface area contributed by atoms with Gasteiger partial charge in [-0.05, 0) is 36.7 Å². The molecule has 0 unspecified atom stereocenters. The van der Waals surface area contributed by atoms with Crippen LogP contribution in [0, 0.1) is 6.92 Å². The molecule has 0 radical (unpaired) electrons. The van der Waals surface area contributed by atoms with Gasteiger partial charge in [-0.25, -0.2) is 4.98 Å². The van der Waals surface area contributed by atoms with Gasteiger partial charge in [-0.2, -0.15) is 0 Å². The lowest BCUT2D eigenvalue weighted by Gasteiger charge is -2.01. The monoisotopic (exact) mass is 360 g/mol. The fraction of sp³-hybridized carbons (Fsp3) is 0.200. The van der Waals surface area contributed by atoms with Gasteiger partial charge in [0.05, 0.1) is 23.3 Å². The molecule has 0 aliphatic carbocycles. The summed E-state index contributed by atoms with van der Waals surface area (Å²) in [6, 6.07) is 5.62. The van der Waals surface area contributed by atoms with E-state index in [0.29, 0.717) is 17.2 Å². The predicted molar refractivity (Wildman–Crippen MR) is 89.5 cm³/mol. The summed E-state index contributed by atoms with van der Waals surface area (Å²) in [5.41, 5.74) is 1.73. The van der Waals surface area contributed by atoms with Crippen LogP contribution in [0.1, 0.15) is 20.2 Å². The van der Waals surface area contributed by atoms with Crippen LogP contribution in [0.4, 0.5) is 0 Å². The third-order valence-corrected chi connectivity index (χ3v) is 5.37. The Morgan fingerprint density at radius 3 is 3.04 bits per heavy atom. The van der Waals surface area contributed by atoms with Crippen LogP contribution in [0.3, 0.4) is 0 Å². The SMILES string of the molecule is Cc1nnsc1CNC(=O)c1cnc(-c2ccc3c(c2)OCO3)s1. The highest BCUT2D eigenvalue weighted by Gasteiger charge is 2.17. The molecule has 1 amide bonds. The van der Waals surface area contributed by atoms with Crippen molar-refractivity contribution in [3.05, 3.63) is 39.8 Å². The number of amides is 1. The fourth-order valence-electron chi connectivity index (χ4n) is 2.20. The van der Waals surface area contributed by atoms with E-state index in [9.17, 15) is 4.79 Å². The van der Waals surface area contributed by atoms with E-state index in [2.05, 4.69) is 19.9 Å². The Morgan fingerprint density at radius 2 is 2.21 bits per heavy atom. The summed E-state index contributed by atoms with van der Waals surface area (Å²) >= 11 is 2.62. The topological polar surface area (TPSA) is 86.2 Å². The number of hydrogen-bond donors (Lipinski definition) is 1. The molecule has 0 bridgehead atoms. The van der Waals surface area contributed by atoms with Gasteiger partial charge in [0.15, 0.2) is 11.5 Å². The van der Waals surface area contributed by atoms with E-state index in [0.717, 1.165) is 26.9 Å². The van der Waals surface area contributed by atoms with Crippen LogP contribution >= 0.6 is 22.9 Å². The minimum atomic E-state index is -0.160. The maximum atomic E-state index is 12.3. The molecule has 1 aliphatic rings. The molecule has 2 aromatic heterocycles. The van der Waals surface area contributed by atoms with E-state index in [4.69, 9.17) is 9.47 Å². The van der Waals surface area contributed by atoms with Gasteiger partial charge < -0.3 is 14.8 Å². The molecule has 24 heavy (non-hydrogen) atoms. The van der Waals surface area contributed by atoms with Crippen LogP contribution in [-0.2, 0) is 6.54 Å². The Labute approximate surface area is 145 Å². The number of carbonyl (C=O) groups excluding carboxylic acids is 1. The largest absolute Gasteiger partial charge is 0.454 e. The van der Waals surface area contributed by atoms with Gasteiger partial charge in [0.25, 0.3) is 5.91 Å². The van der Waals surface area contributed by atoms with Crippen molar-refractivity contribution < 1.29 is 14.3 Å². The molecular formula is C15H12N4O3S2. The predicted octanol–water partition coefficient (Wildman–Crippen LogP) is 2.63. The molecule has 1 aliphatic heterocycles. The summed E-state index contributed by atoms with van der Waals surface area (Å²) in [7, 11) is 0. The minimum Gasteiger partial charge on any atom is -0.454 e. The summed E-state index contributed by atoms with van der Waals surface area (Å²) in [6.07, 6.45) is 1.58. The molecule has 1 aromatic carbocycles. The van der Waals surface area contributed by atoms with Crippen LogP contribution in [0.15, 0.2) is 24.4 Å². The average Bonchev–Trinajstić information content (AvgIpc) is 3.32. The number of thiazole rings is 1. The van der Waals surface area contributed by atoms with E-state index in [1.54, 1.807) is 6.20 Å². The minimum absolute atomic E-state index is 0.160. The zero-order valence-corrected chi connectivity index (χ0v) is 14.2. The van der Waals surface area contributed by atoms with E-state index in [1.807, 2.05) is 25.1 Å². The lowest BCUT2D eigenvalue weighted by atomic mass is 10.2. The van der Waals surface area contributed by atoms with Crippen LogP contribution in [-0.4, -0.2) is 27.3 Å². The highest BCUT2D eigenvalue weighted by Crippen LogP contribution is 2.36. The van der Waals surface area contributed by atoms with Crippen molar-refractivity contribution in [1.82, 2.24) is 19.9 Å². The highest BCUT2D eigenvalue weighted by molar-refractivity contribution is 7.16. The maximum absolute atomic E-state index is 12.3. The molecule has 4 rings (SSSR count). The first-order valence-electron chi connectivity index (χ1n) is 7.12. The van der Waals surface area contributed by atoms with Gasteiger partial charge >= 0.3 is 0 Å². The first-order valence-corrected chi connectivity index (χ1v) is 8.71. The summed E-state index contributed by atoms with van der Waals surface area (Å²) < 4.78 is 14.5. The maximum Gasteiger partial charge on any atom is 0.263 e. The van der Waals surface area contributed by atoms with Crippen molar-refractivity contribution in [2.24, 2.45) is 0 Å². The second kappa shape index (κ2) is 6.17. The van der Waals surface area contributed by atoms with Crippen molar-refractivity contribution in [2.75, 3.05) is 6.79 Å². The zero-order valence-electron chi connectivity index (χ0n) is 12.6. The van der Waals surface area contributed by atoms with Crippen molar-refractivity contribution in [2.45, 2.75) is 13.5 Å². The van der Waals surface area contributed by atoms with E-state index < -0.39 is 0 Å². The van der Waals surface area contributed by atoms with Gasteiger partial charge in [0.1, 0.15) is 9.88 Å². The average molecular weight is 360 g/mol. The third-order valence-electron chi connectivity index (χ3n) is 3.50. The normalized spacial score (nSPS) is 12.4. The number of carbonyl (C=O) groups is 1. The standard InChI is InChI=1S/C15H12N4O3S2/c1-8-12(24-19-18-8)5-16-14(20)13-6-17-15(23-13)9-2-3-10-11(4-9)22-7-21-10/h2-4,6H,5,7H2,1H3,(H,16,20). The smallest absolute Gasteiger partial charge is 0.263 e. The molecule has 1 N–H and O–H groups in total. The van der Waals surface area contributed by atoms with Gasteiger partial charge in [-0.1, -0.05) is 4.49 Å². The number of aryl methyl sites for hydroxylation is 1. The molecule has 0 atom stereocenters. The second-order valence-electron chi connectivity index (χ2n) is 5.06. The van der Waals surface area contributed by atoms with Crippen molar-refractivity contribution in [3.8, 4) is 22.1 Å². The molecule has 0 fully saturated rings. The van der Waals surface area contributed by atoms with E-state index in [1.165, 1.54) is 22.9 Å². The van der Waals surface area contributed by atoms with Crippen molar-refractivity contribution in [1.29, 1.82) is 0 Å². The van der Waals surface area contributed by atoms with Crippen LogP contribution in [0.5, 0.6) is 11.5 Å². The van der Waals surface area contributed by atoms with Crippen molar-refractivity contribution in [3.63, 3.8) is 0 Å². The van der Waals surface area contributed by atoms with Crippen molar-refractivity contribution >= 4 is 28.8 Å². The van der Waals surface area contributed by atoms with Gasteiger partial charge in [0, 0.05) is 5.56 Å². The number of benzene rings is 1. The molecule has 122 valence electrons. The van der Waals surface area contributed by atoms with Gasteiger partial charge in [0.2, 0.25) is 6.79 Å². The molecule has 3 aromatic rings. The first-order chi connectivity index (χ1) is 11.7. The molecular weight excluding hydrogens is 348 g/mol. The Kier molecular flexibility index (Phi) is 3.87. The lowest BCUT2D eigenvalue weighted by Crippen LogP contribution is -2.21. The van der Waals surface area contributed by atoms with Crippen LogP contribution in [0.2, 0.25) is 0 Å². The van der Waals surface area contributed by atoms with E-state index in [-0.39, 0.29) is 12.7 Å². The number of hydrogen-bond acceptors (Lipinski definition) is 8. The zero-order chi connectivity index (χ0) is 16.5. The van der Waals surface area contributed by atoms with Crippen LogP contribution in [0.25, 0.3) is 10.6 Å². The summed E-state index contributed by atoms with van der Waals surface area (Å²) in [6.45, 7) is 2.52. The molecule has 0 saturated carbocycles. The summed E-state index contributed by atoms with van der Waals surface area (Å²) in [4.78, 5) is 18.1. The van der Waals surface area contributed by atoms with Gasteiger partial charge in [-0.15, -0.1) is 16.4 Å². The first kappa shape index (κ1) is 15.0. The Bertz CT molecular complexity index is 906. The lowest BCUT2D eigenvalue weighted by molar-refractivity contribution is 0.0955. The van der Waals surface area contributed by atoms with Crippen LogP contribution < -0.4 is 14.8 Å². The Hall–Kier alpha value is -2.52.